The van der Waals surface area contributed by atoms with Gasteiger partial charge in [-0.05, 0) is 25.3 Å². The molecule has 130 valence electrons. The number of aliphatic hydroxyl groups excluding tert-OH is 1. The van der Waals surface area contributed by atoms with E-state index in [0.717, 1.165) is 18.7 Å². The lowest BCUT2D eigenvalue weighted by Gasteiger charge is -2.35. The van der Waals surface area contributed by atoms with Crippen molar-refractivity contribution in [3.8, 4) is 11.5 Å². The summed E-state index contributed by atoms with van der Waals surface area (Å²) < 4.78 is 5.70. The lowest BCUT2D eigenvalue weighted by Crippen LogP contribution is -2.50. The Hall–Kier alpha value is -1.70. The zero-order valence-electron chi connectivity index (χ0n) is 14.1. The first-order chi connectivity index (χ1) is 11.5. The summed E-state index contributed by atoms with van der Waals surface area (Å²) >= 11 is 1.59. The van der Waals surface area contributed by atoms with E-state index >= 15 is 0 Å². The molecule has 24 heavy (non-hydrogen) atoms. The summed E-state index contributed by atoms with van der Waals surface area (Å²) in [6.07, 6.45) is -0.0591. The molecule has 6 nitrogen and oxygen atoms in total. The number of hydrogen-bond donors (Lipinski definition) is 1. The molecule has 1 saturated heterocycles. The molecule has 7 heteroatoms. The minimum Gasteiger partial charge on any atom is -0.441 e. The van der Waals surface area contributed by atoms with E-state index in [0.29, 0.717) is 37.0 Å². The second-order valence-corrected chi connectivity index (χ2v) is 7.02. The molecule has 2 aromatic rings. The SMILES string of the molecule is Cc1oc(-c2ccsc2)nc1CC(=O)N1CCN(C[C@H](C)O)CC1. The van der Waals surface area contributed by atoms with E-state index in [4.69, 9.17) is 4.42 Å². The number of β-amino-alcohol motifs (C(OH)–C–C–N with tert-alkyl or cyclic N) is 1. The molecule has 1 aliphatic heterocycles. The van der Waals surface area contributed by atoms with Crippen molar-refractivity contribution in [1.29, 1.82) is 0 Å². The fraction of sp³-hybridized carbons (Fsp3) is 0.529. The molecule has 3 rings (SSSR count). The van der Waals surface area contributed by atoms with Crippen LogP contribution in [0.5, 0.6) is 0 Å². The third-order valence-electron chi connectivity index (χ3n) is 4.23. The molecule has 3 heterocycles. The van der Waals surface area contributed by atoms with Crippen LogP contribution in [0.4, 0.5) is 0 Å². The van der Waals surface area contributed by atoms with Crippen molar-refractivity contribution in [2.24, 2.45) is 0 Å². The van der Waals surface area contributed by atoms with Gasteiger partial charge in [0.25, 0.3) is 0 Å². The van der Waals surface area contributed by atoms with Crippen LogP contribution in [0, 0.1) is 6.92 Å². The average molecular weight is 349 g/mol. The predicted octanol–water partition coefficient (Wildman–Crippen LogP) is 1.78. The van der Waals surface area contributed by atoms with Crippen LogP contribution in [0.3, 0.4) is 0 Å². The van der Waals surface area contributed by atoms with Crippen LogP contribution in [0.25, 0.3) is 11.5 Å². The standard InChI is InChI=1S/C17H23N3O3S/c1-12(21)10-19-4-6-20(7-5-19)16(22)9-15-13(2)23-17(18-15)14-3-8-24-11-14/h3,8,11-12,21H,4-7,9-10H2,1-2H3/t12-/m0/s1. The Kier molecular flexibility index (Phi) is 5.33. The Morgan fingerprint density at radius 2 is 2.17 bits per heavy atom. The number of aryl methyl sites for hydroxylation is 1. The number of amides is 1. The molecule has 0 aromatic carbocycles. The lowest BCUT2D eigenvalue weighted by atomic mass is 10.2. The summed E-state index contributed by atoms with van der Waals surface area (Å²) in [5, 5.41) is 13.4. The number of carbonyl (C=O) groups excluding carboxylic acids is 1. The van der Waals surface area contributed by atoms with Crippen LogP contribution in [0.2, 0.25) is 0 Å². The quantitative estimate of drug-likeness (QED) is 0.891. The molecule has 1 N–H and O–H groups in total. The molecular weight excluding hydrogens is 326 g/mol. The first kappa shape index (κ1) is 17.1. The van der Waals surface area contributed by atoms with Crippen LogP contribution in [-0.2, 0) is 11.2 Å². The molecular formula is C17H23N3O3S. The Balaban J connectivity index is 1.58. The number of thiophene rings is 1. The van der Waals surface area contributed by atoms with Crippen LogP contribution < -0.4 is 0 Å². The maximum atomic E-state index is 12.5. The molecule has 2 aromatic heterocycles. The molecule has 1 atom stereocenters. The molecule has 0 radical (unpaired) electrons. The molecule has 1 amide bonds. The van der Waals surface area contributed by atoms with Crippen LogP contribution in [0.1, 0.15) is 18.4 Å². The van der Waals surface area contributed by atoms with Gasteiger partial charge in [-0.15, -0.1) is 0 Å². The summed E-state index contributed by atoms with van der Waals surface area (Å²) in [5.74, 6) is 1.37. The Labute approximate surface area is 145 Å². The molecule has 0 unspecified atom stereocenters. The van der Waals surface area contributed by atoms with Gasteiger partial charge in [-0.25, -0.2) is 4.98 Å². The van der Waals surface area contributed by atoms with Gasteiger partial charge in [-0.1, -0.05) is 0 Å². The maximum absolute atomic E-state index is 12.5. The Morgan fingerprint density at radius 3 is 2.79 bits per heavy atom. The van der Waals surface area contributed by atoms with Gasteiger partial charge >= 0.3 is 0 Å². The third-order valence-corrected chi connectivity index (χ3v) is 4.91. The van der Waals surface area contributed by atoms with Crippen molar-refractivity contribution in [3.63, 3.8) is 0 Å². The molecule has 1 aliphatic rings. The van der Waals surface area contributed by atoms with E-state index in [1.807, 2.05) is 28.7 Å². The van der Waals surface area contributed by atoms with E-state index in [1.165, 1.54) is 0 Å². The van der Waals surface area contributed by atoms with Gasteiger partial charge in [-0.3, -0.25) is 9.69 Å². The predicted molar refractivity (Wildman–Crippen MR) is 93.0 cm³/mol. The highest BCUT2D eigenvalue weighted by molar-refractivity contribution is 7.08. The number of oxazole rings is 1. The third kappa shape index (κ3) is 4.03. The highest BCUT2D eigenvalue weighted by atomic mass is 32.1. The van der Waals surface area contributed by atoms with Gasteiger partial charge in [0.1, 0.15) is 5.76 Å². The van der Waals surface area contributed by atoms with Crippen molar-refractivity contribution in [2.45, 2.75) is 26.4 Å². The largest absolute Gasteiger partial charge is 0.441 e. The van der Waals surface area contributed by atoms with Gasteiger partial charge in [0.2, 0.25) is 11.8 Å². The summed E-state index contributed by atoms with van der Waals surface area (Å²) in [4.78, 5) is 21.1. The smallest absolute Gasteiger partial charge is 0.228 e. The summed E-state index contributed by atoms with van der Waals surface area (Å²) in [6, 6.07) is 1.96. The van der Waals surface area contributed by atoms with Crippen molar-refractivity contribution in [1.82, 2.24) is 14.8 Å². The minimum atomic E-state index is -0.333. The first-order valence-corrected chi connectivity index (χ1v) is 9.14. The van der Waals surface area contributed by atoms with Crippen molar-refractivity contribution in [3.05, 3.63) is 28.3 Å². The number of rotatable bonds is 5. The number of piperazine rings is 1. The summed E-state index contributed by atoms with van der Waals surface area (Å²) in [6.45, 7) is 7.29. The number of hydrogen-bond acceptors (Lipinski definition) is 6. The fourth-order valence-corrected chi connectivity index (χ4v) is 3.54. The van der Waals surface area contributed by atoms with E-state index in [9.17, 15) is 9.90 Å². The zero-order chi connectivity index (χ0) is 17.1. The van der Waals surface area contributed by atoms with Gasteiger partial charge in [0.05, 0.1) is 18.2 Å². The molecule has 1 fully saturated rings. The topological polar surface area (TPSA) is 69.8 Å². The first-order valence-electron chi connectivity index (χ1n) is 8.20. The summed E-state index contributed by atoms with van der Waals surface area (Å²) in [7, 11) is 0. The van der Waals surface area contributed by atoms with Crippen LogP contribution >= 0.6 is 11.3 Å². The highest BCUT2D eigenvalue weighted by Crippen LogP contribution is 2.24. The number of nitrogens with zero attached hydrogens (tertiary/aromatic N) is 3. The second kappa shape index (κ2) is 7.46. The second-order valence-electron chi connectivity index (χ2n) is 6.24. The lowest BCUT2D eigenvalue weighted by molar-refractivity contribution is -0.132. The minimum absolute atomic E-state index is 0.0833. The number of aliphatic hydroxyl groups is 1. The van der Waals surface area contributed by atoms with Crippen LogP contribution in [-0.4, -0.2) is 64.6 Å². The monoisotopic (exact) mass is 349 g/mol. The number of carbonyl (C=O) groups is 1. The van der Waals surface area contributed by atoms with E-state index in [-0.39, 0.29) is 18.4 Å². The number of aromatic nitrogens is 1. The maximum Gasteiger partial charge on any atom is 0.228 e. The van der Waals surface area contributed by atoms with Crippen molar-refractivity contribution < 1.29 is 14.3 Å². The van der Waals surface area contributed by atoms with Crippen LogP contribution in [0.15, 0.2) is 21.2 Å². The van der Waals surface area contributed by atoms with Gasteiger partial charge in [0.15, 0.2) is 0 Å². The van der Waals surface area contributed by atoms with Crippen molar-refractivity contribution >= 4 is 17.2 Å². The van der Waals surface area contributed by atoms with E-state index in [2.05, 4.69) is 9.88 Å². The van der Waals surface area contributed by atoms with Gasteiger partial charge in [-0.2, -0.15) is 11.3 Å². The molecule has 0 bridgehead atoms. The normalized spacial score (nSPS) is 17.2. The van der Waals surface area contributed by atoms with Gasteiger partial charge < -0.3 is 14.4 Å². The molecule has 0 saturated carbocycles. The van der Waals surface area contributed by atoms with E-state index in [1.54, 1.807) is 18.3 Å². The fourth-order valence-electron chi connectivity index (χ4n) is 2.91. The van der Waals surface area contributed by atoms with Gasteiger partial charge in [0, 0.05) is 43.7 Å². The van der Waals surface area contributed by atoms with Crippen molar-refractivity contribution in [2.75, 3.05) is 32.7 Å². The van der Waals surface area contributed by atoms with E-state index < -0.39 is 0 Å². The Morgan fingerprint density at radius 1 is 1.42 bits per heavy atom. The molecule has 0 spiro atoms. The molecule has 0 aliphatic carbocycles. The Bertz CT molecular complexity index is 673. The average Bonchev–Trinajstić information content (AvgIpc) is 3.18. The summed E-state index contributed by atoms with van der Waals surface area (Å²) in [5.41, 5.74) is 1.67. The zero-order valence-corrected chi connectivity index (χ0v) is 14.9. The highest BCUT2D eigenvalue weighted by Gasteiger charge is 2.23.